The maximum Gasteiger partial charge on any atom is 0.433 e. The largest absolute Gasteiger partial charge is 0.433 e. The van der Waals surface area contributed by atoms with E-state index < -0.39 is 18.0 Å². The average molecular weight is 395 g/mol. The number of halogens is 3. The highest BCUT2D eigenvalue weighted by Gasteiger charge is 2.35. The first-order chi connectivity index (χ1) is 13.2. The van der Waals surface area contributed by atoms with Gasteiger partial charge in [0.2, 0.25) is 0 Å². The predicted molar refractivity (Wildman–Crippen MR) is 94.9 cm³/mol. The molecule has 0 bridgehead atoms. The van der Waals surface area contributed by atoms with Gasteiger partial charge in [-0.25, -0.2) is 15.0 Å². The lowest BCUT2D eigenvalue weighted by Gasteiger charge is -2.18. The van der Waals surface area contributed by atoms with Crippen LogP contribution in [0.4, 0.5) is 19.0 Å². The summed E-state index contributed by atoms with van der Waals surface area (Å²) in [4.78, 5) is 15.5. The Kier molecular flexibility index (Phi) is 4.48. The van der Waals surface area contributed by atoms with Crippen molar-refractivity contribution in [1.29, 1.82) is 0 Å². The zero-order valence-electron chi connectivity index (χ0n) is 15.4. The van der Waals surface area contributed by atoms with Crippen molar-refractivity contribution in [2.45, 2.75) is 45.0 Å². The van der Waals surface area contributed by atoms with E-state index in [1.807, 2.05) is 23.8 Å². The first-order valence-corrected chi connectivity index (χ1v) is 8.99. The Morgan fingerprint density at radius 1 is 1.32 bits per heavy atom. The highest BCUT2D eigenvalue weighted by atomic mass is 19.4. The van der Waals surface area contributed by atoms with E-state index in [1.54, 1.807) is 4.57 Å². The number of anilines is 1. The van der Waals surface area contributed by atoms with E-state index >= 15 is 0 Å². The van der Waals surface area contributed by atoms with Crippen LogP contribution < -0.4 is 4.90 Å². The molecular weight excluding hydrogens is 375 g/mol. The van der Waals surface area contributed by atoms with Gasteiger partial charge in [-0.05, 0) is 6.42 Å². The Hall–Kier alpha value is -2.69. The quantitative estimate of drug-likeness (QED) is 0.704. The van der Waals surface area contributed by atoms with Crippen LogP contribution in [0, 0.1) is 0 Å². The van der Waals surface area contributed by atoms with E-state index in [0.717, 1.165) is 6.20 Å². The highest BCUT2D eigenvalue weighted by Crippen LogP contribution is 2.32. The lowest BCUT2D eigenvalue weighted by Crippen LogP contribution is -2.23. The second-order valence-electron chi connectivity index (χ2n) is 7.26. The van der Waals surface area contributed by atoms with Gasteiger partial charge >= 0.3 is 6.18 Å². The predicted octanol–water partition coefficient (Wildman–Crippen LogP) is 2.31. The number of aromatic amines is 1. The molecule has 3 aromatic heterocycles. The summed E-state index contributed by atoms with van der Waals surface area (Å²) in [6.07, 6.45) is -1.69. The summed E-state index contributed by atoms with van der Waals surface area (Å²) in [5, 5.41) is 15.4. The van der Waals surface area contributed by atoms with Gasteiger partial charge in [0.15, 0.2) is 17.0 Å². The maximum absolute atomic E-state index is 13.1. The summed E-state index contributed by atoms with van der Waals surface area (Å²) in [6.45, 7) is 4.90. The van der Waals surface area contributed by atoms with Crippen molar-refractivity contribution in [3.05, 3.63) is 29.6 Å². The molecule has 1 unspecified atom stereocenters. The molecule has 8 nitrogen and oxygen atoms in total. The van der Waals surface area contributed by atoms with E-state index in [0.29, 0.717) is 42.3 Å². The summed E-state index contributed by atoms with van der Waals surface area (Å²) in [6, 6.07) is 0. The molecule has 2 N–H and O–H groups in total. The number of H-pyrrole nitrogens is 1. The fourth-order valence-corrected chi connectivity index (χ4v) is 3.33. The number of hydrogen-bond donors (Lipinski definition) is 2. The monoisotopic (exact) mass is 395 g/mol. The number of β-amino-alcohol motifs (C(OH)–C–C–N with tert-alkyl or cyclic N) is 1. The van der Waals surface area contributed by atoms with E-state index in [4.69, 9.17) is 0 Å². The van der Waals surface area contributed by atoms with E-state index in [9.17, 15) is 18.3 Å². The van der Waals surface area contributed by atoms with Crippen LogP contribution >= 0.6 is 0 Å². The van der Waals surface area contributed by atoms with E-state index in [-0.39, 0.29) is 18.0 Å². The Morgan fingerprint density at radius 2 is 2.11 bits per heavy atom. The van der Waals surface area contributed by atoms with E-state index in [2.05, 4.69) is 20.1 Å². The third kappa shape index (κ3) is 3.30. The highest BCUT2D eigenvalue weighted by molar-refractivity contribution is 5.84. The molecule has 4 rings (SSSR count). The number of aliphatic hydroxyl groups excluding tert-OH is 1. The minimum Gasteiger partial charge on any atom is -0.391 e. The average Bonchev–Trinajstić information content (AvgIpc) is 3.34. The molecule has 11 heteroatoms. The lowest BCUT2D eigenvalue weighted by atomic mass is 10.2. The summed E-state index contributed by atoms with van der Waals surface area (Å²) in [5.74, 6) is 1.21. The van der Waals surface area contributed by atoms with Gasteiger partial charge in [0.1, 0.15) is 11.5 Å². The second-order valence-corrected chi connectivity index (χ2v) is 7.26. The molecule has 1 fully saturated rings. The van der Waals surface area contributed by atoms with Gasteiger partial charge in [-0.3, -0.25) is 5.10 Å². The van der Waals surface area contributed by atoms with Gasteiger partial charge in [-0.15, -0.1) is 0 Å². The summed E-state index contributed by atoms with van der Waals surface area (Å²) in [7, 11) is 0. The van der Waals surface area contributed by atoms with Crippen LogP contribution in [0.3, 0.4) is 0 Å². The maximum atomic E-state index is 13.1. The van der Waals surface area contributed by atoms with Crippen LogP contribution in [-0.4, -0.2) is 54.0 Å². The third-order valence-electron chi connectivity index (χ3n) is 4.78. The van der Waals surface area contributed by atoms with Crippen molar-refractivity contribution in [2.75, 3.05) is 18.0 Å². The van der Waals surface area contributed by atoms with Crippen molar-refractivity contribution in [3.63, 3.8) is 0 Å². The summed E-state index contributed by atoms with van der Waals surface area (Å²) < 4.78 is 41.0. The summed E-state index contributed by atoms with van der Waals surface area (Å²) in [5.41, 5.74) is 0.102. The van der Waals surface area contributed by atoms with Crippen molar-refractivity contribution < 1.29 is 18.3 Å². The van der Waals surface area contributed by atoms with Gasteiger partial charge < -0.3 is 14.6 Å². The number of aromatic nitrogens is 6. The molecule has 150 valence electrons. The molecule has 3 aromatic rings. The smallest absolute Gasteiger partial charge is 0.391 e. The van der Waals surface area contributed by atoms with Crippen LogP contribution in [0.2, 0.25) is 0 Å². The summed E-state index contributed by atoms with van der Waals surface area (Å²) >= 11 is 0. The number of imidazole rings is 1. The van der Waals surface area contributed by atoms with Gasteiger partial charge in [-0.1, -0.05) is 13.8 Å². The number of nitrogens with one attached hydrogen (secondary N) is 1. The normalized spacial score (nSPS) is 18.0. The number of hydrogen-bond acceptors (Lipinski definition) is 6. The Morgan fingerprint density at radius 3 is 2.75 bits per heavy atom. The number of aliphatic hydroxyl groups is 1. The molecule has 0 radical (unpaired) electrons. The van der Waals surface area contributed by atoms with Crippen LogP contribution in [0.25, 0.3) is 11.2 Å². The van der Waals surface area contributed by atoms with Gasteiger partial charge in [0.25, 0.3) is 0 Å². The van der Waals surface area contributed by atoms with Gasteiger partial charge in [-0.2, -0.15) is 18.3 Å². The third-order valence-corrected chi connectivity index (χ3v) is 4.78. The molecule has 1 aliphatic rings. The van der Waals surface area contributed by atoms with Crippen LogP contribution in [-0.2, 0) is 12.7 Å². The standard InChI is InChI=1S/C17H20F3N7O/c1-9(2)14-23-15(26-4-3-11(28)7-26)12-16(24-14)27(8-21-12)6-10-5-22-25-13(10)17(18,19)20/h5,8-9,11,28H,3-4,6-7H2,1-2H3,(H,22,25). The van der Waals surface area contributed by atoms with Crippen LogP contribution in [0.15, 0.2) is 12.5 Å². The van der Waals surface area contributed by atoms with Gasteiger partial charge in [0, 0.05) is 24.6 Å². The number of rotatable bonds is 4. The Bertz CT molecular complexity index is 994. The Balaban J connectivity index is 1.79. The van der Waals surface area contributed by atoms with E-state index in [1.165, 1.54) is 6.33 Å². The fourth-order valence-electron chi connectivity index (χ4n) is 3.33. The Labute approximate surface area is 158 Å². The van der Waals surface area contributed by atoms with Crippen molar-refractivity contribution in [1.82, 2.24) is 29.7 Å². The fraction of sp³-hybridized carbons (Fsp3) is 0.529. The molecule has 1 aliphatic heterocycles. The SMILES string of the molecule is CC(C)c1nc(N2CCC(O)C2)c2ncn(Cc3cn[nH]c3C(F)(F)F)c2n1. The van der Waals surface area contributed by atoms with Crippen molar-refractivity contribution >= 4 is 17.0 Å². The molecular formula is C17H20F3N7O. The number of alkyl halides is 3. The zero-order valence-corrected chi connectivity index (χ0v) is 15.4. The first-order valence-electron chi connectivity index (χ1n) is 8.99. The molecule has 4 heterocycles. The minimum absolute atomic E-state index is 0.00894. The molecule has 0 spiro atoms. The number of nitrogens with zero attached hydrogens (tertiary/aromatic N) is 6. The van der Waals surface area contributed by atoms with Crippen LogP contribution in [0.1, 0.15) is 43.3 Å². The zero-order chi connectivity index (χ0) is 20.1. The lowest BCUT2D eigenvalue weighted by molar-refractivity contribution is -0.141. The molecule has 0 aliphatic carbocycles. The van der Waals surface area contributed by atoms with Crippen LogP contribution in [0.5, 0.6) is 0 Å². The molecule has 1 saturated heterocycles. The molecule has 0 aromatic carbocycles. The van der Waals surface area contributed by atoms with Crippen molar-refractivity contribution in [3.8, 4) is 0 Å². The van der Waals surface area contributed by atoms with Crippen molar-refractivity contribution in [2.24, 2.45) is 0 Å². The molecule has 0 amide bonds. The number of fused-ring (bicyclic) bond motifs is 1. The second kappa shape index (κ2) is 6.73. The minimum atomic E-state index is -4.52. The van der Waals surface area contributed by atoms with Gasteiger partial charge in [0.05, 0.1) is 25.2 Å². The molecule has 0 saturated carbocycles. The molecule has 1 atom stereocenters. The topological polar surface area (TPSA) is 95.7 Å². The molecule has 28 heavy (non-hydrogen) atoms. The first kappa shape index (κ1) is 18.7.